The number of fused-ring (bicyclic) bond motifs is 3. The van der Waals surface area contributed by atoms with Crippen molar-refractivity contribution in [2.75, 3.05) is 5.32 Å². The van der Waals surface area contributed by atoms with Gasteiger partial charge in [-0.05, 0) is 31.5 Å². The lowest BCUT2D eigenvalue weighted by molar-refractivity contribution is 0.104. The number of aromatic nitrogens is 1. The zero-order chi connectivity index (χ0) is 16.0. The second kappa shape index (κ2) is 5.06. The van der Waals surface area contributed by atoms with Gasteiger partial charge in [0.1, 0.15) is 0 Å². The van der Waals surface area contributed by atoms with Crippen molar-refractivity contribution in [3.05, 3.63) is 77.0 Å². The van der Waals surface area contributed by atoms with E-state index in [9.17, 15) is 4.79 Å². The summed E-state index contributed by atoms with van der Waals surface area (Å²) in [5, 5.41) is 3.42. The first-order valence-electron chi connectivity index (χ1n) is 7.63. The van der Waals surface area contributed by atoms with E-state index in [-0.39, 0.29) is 5.78 Å². The highest BCUT2D eigenvalue weighted by Crippen LogP contribution is 2.40. The van der Waals surface area contributed by atoms with Gasteiger partial charge in [0.25, 0.3) is 0 Å². The maximum absolute atomic E-state index is 12.8. The number of hydrogen-bond donors (Lipinski definition) is 1. The van der Waals surface area contributed by atoms with Gasteiger partial charge in [-0.2, -0.15) is 0 Å². The summed E-state index contributed by atoms with van der Waals surface area (Å²) in [4.78, 5) is 17.4. The Balaban J connectivity index is 1.90. The number of para-hydroxylation sites is 1. The van der Waals surface area contributed by atoms with E-state index in [1.54, 1.807) is 0 Å². The molecule has 0 unspecified atom stereocenters. The molecule has 0 saturated heterocycles. The Bertz CT molecular complexity index is 944. The van der Waals surface area contributed by atoms with Crippen LogP contribution in [0.1, 0.15) is 27.2 Å². The molecule has 4 rings (SSSR count). The van der Waals surface area contributed by atoms with Crippen LogP contribution in [0, 0.1) is 13.8 Å². The van der Waals surface area contributed by atoms with E-state index in [0.29, 0.717) is 5.56 Å². The van der Waals surface area contributed by atoms with Crippen LogP contribution in [0.2, 0.25) is 0 Å². The number of nitrogens with one attached hydrogen (secondary N) is 1. The highest BCUT2D eigenvalue weighted by molar-refractivity contribution is 6.23. The molecule has 112 valence electrons. The predicted octanol–water partition coefficient (Wildman–Crippen LogP) is 4.65. The minimum Gasteiger partial charge on any atom is -0.355 e. The van der Waals surface area contributed by atoms with Crippen molar-refractivity contribution in [3.8, 4) is 11.3 Å². The zero-order valence-corrected chi connectivity index (χ0v) is 13.1. The Labute approximate surface area is 135 Å². The van der Waals surface area contributed by atoms with Crippen LogP contribution < -0.4 is 5.32 Å². The summed E-state index contributed by atoms with van der Waals surface area (Å²) in [6, 6.07) is 17.7. The van der Waals surface area contributed by atoms with Gasteiger partial charge in [0.2, 0.25) is 0 Å². The van der Waals surface area contributed by atoms with Gasteiger partial charge >= 0.3 is 0 Å². The van der Waals surface area contributed by atoms with Crippen LogP contribution in [0.4, 0.5) is 11.4 Å². The Morgan fingerprint density at radius 1 is 0.870 bits per heavy atom. The molecule has 3 aromatic rings. The largest absolute Gasteiger partial charge is 0.355 e. The number of aryl methyl sites for hydroxylation is 2. The van der Waals surface area contributed by atoms with Crippen LogP contribution in [0.15, 0.2) is 54.6 Å². The molecule has 0 atom stereocenters. The zero-order valence-electron chi connectivity index (χ0n) is 13.1. The third kappa shape index (κ3) is 2.13. The summed E-state index contributed by atoms with van der Waals surface area (Å²) in [5.41, 5.74) is 6.95. The minimum absolute atomic E-state index is 0.0409. The normalized spacial score (nSPS) is 12.0. The number of hydrogen-bond acceptors (Lipinski definition) is 3. The Morgan fingerprint density at radius 2 is 1.57 bits per heavy atom. The van der Waals surface area contributed by atoms with E-state index in [1.165, 1.54) is 0 Å². The van der Waals surface area contributed by atoms with Crippen LogP contribution in [0.5, 0.6) is 0 Å². The van der Waals surface area contributed by atoms with E-state index in [4.69, 9.17) is 0 Å². The fourth-order valence-electron chi connectivity index (χ4n) is 3.08. The number of ketones is 1. The molecule has 0 fully saturated rings. The summed E-state index contributed by atoms with van der Waals surface area (Å²) < 4.78 is 0. The summed E-state index contributed by atoms with van der Waals surface area (Å²) in [7, 11) is 0. The molecule has 1 heterocycles. The number of rotatable bonds is 2. The first-order chi connectivity index (χ1) is 11.1. The van der Waals surface area contributed by atoms with Gasteiger partial charge in [0.15, 0.2) is 5.78 Å². The maximum atomic E-state index is 12.8. The van der Waals surface area contributed by atoms with Crippen molar-refractivity contribution in [3.63, 3.8) is 0 Å². The molecule has 1 aliphatic rings. The van der Waals surface area contributed by atoms with Crippen molar-refractivity contribution in [2.24, 2.45) is 0 Å². The number of carbonyl (C=O) groups excluding carboxylic acids is 1. The van der Waals surface area contributed by atoms with Gasteiger partial charge in [-0.15, -0.1) is 0 Å². The van der Waals surface area contributed by atoms with Crippen molar-refractivity contribution >= 4 is 17.2 Å². The van der Waals surface area contributed by atoms with Gasteiger partial charge in [-0.1, -0.05) is 42.5 Å². The van der Waals surface area contributed by atoms with Gasteiger partial charge in [-0.3, -0.25) is 9.78 Å². The number of pyridine rings is 1. The van der Waals surface area contributed by atoms with Crippen LogP contribution in [-0.4, -0.2) is 10.8 Å². The summed E-state index contributed by atoms with van der Waals surface area (Å²) in [6.07, 6.45) is 0. The van der Waals surface area contributed by atoms with Crippen LogP contribution in [0.3, 0.4) is 0 Å². The third-order valence-corrected chi connectivity index (χ3v) is 4.22. The molecule has 3 nitrogen and oxygen atoms in total. The van der Waals surface area contributed by atoms with Crippen molar-refractivity contribution in [2.45, 2.75) is 13.8 Å². The van der Waals surface area contributed by atoms with Gasteiger partial charge in [0, 0.05) is 22.5 Å². The number of anilines is 2. The quantitative estimate of drug-likeness (QED) is 0.585. The van der Waals surface area contributed by atoms with Crippen LogP contribution in [-0.2, 0) is 0 Å². The molecule has 0 amide bonds. The summed E-state index contributed by atoms with van der Waals surface area (Å²) in [6.45, 7) is 4.00. The van der Waals surface area contributed by atoms with E-state index in [2.05, 4.69) is 10.3 Å². The molecule has 0 spiro atoms. The second-order valence-corrected chi connectivity index (χ2v) is 5.85. The second-order valence-electron chi connectivity index (χ2n) is 5.85. The lowest BCUT2D eigenvalue weighted by atomic mass is 10.1. The van der Waals surface area contributed by atoms with Crippen LogP contribution in [0.25, 0.3) is 11.3 Å². The van der Waals surface area contributed by atoms with Crippen molar-refractivity contribution < 1.29 is 4.79 Å². The molecule has 1 aliphatic carbocycles. The summed E-state index contributed by atoms with van der Waals surface area (Å²) in [5.74, 6) is 0.0409. The molecule has 23 heavy (non-hydrogen) atoms. The molecule has 2 aromatic carbocycles. The van der Waals surface area contributed by atoms with E-state index < -0.39 is 0 Å². The SMILES string of the molecule is Cc1cc(Nc2ccccc2C)c2c(n1)-c1ccccc1C2=O. The molecule has 0 radical (unpaired) electrons. The van der Waals surface area contributed by atoms with Gasteiger partial charge in [0.05, 0.1) is 16.9 Å². The lowest BCUT2D eigenvalue weighted by Gasteiger charge is -2.13. The number of nitrogens with zero attached hydrogens (tertiary/aromatic N) is 1. The molecule has 3 heteroatoms. The molecule has 0 aliphatic heterocycles. The van der Waals surface area contributed by atoms with Crippen molar-refractivity contribution in [1.29, 1.82) is 0 Å². The fraction of sp³-hybridized carbons (Fsp3) is 0.100. The molecule has 1 aromatic heterocycles. The van der Waals surface area contributed by atoms with Crippen LogP contribution >= 0.6 is 0 Å². The fourth-order valence-corrected chi connectivity index (χ4v) is 3.08. The molecule has 1 N–H and O–H groups in total. The first kappa shape index (κ1) is 13.7. The number of carbonyl (C=O) groups is 1. The Kier molecular flexibility index (Phi) is 3.01. The maximum Gasteiger partial charge on any atom is 0.198 e. The third-order valence-electron chi connectivity index (χ3n) is 4.22. The average Bonchev–Trinajstić information content (AvgIpc) is 2.83. The summed E-state index contributed by atoms with van der Waals surface area (Å²) >= 11 is 0. The highest BCUT2D eigenvalue weighted by atomic mass is 16.1. The van der Waals surface area contributed by atoms with Crippen molar-refractivity contribution in [1.82, 2.24) is 4.98 Å². The smallest absolute Gasteiger partial charge is 0.198 e. The van der Waals surface area contributed by atoms with Gasteiger partial charge < -0.3 is 5.32 Å². The lowest BCUT2D eigenvalue weighted by Crippen LogP contribution is -2.04. The highest BCUT2D eigenvalue weighted by Gasteiger charge is 2.30. The Hall–Kier alpha value is -2.94. The predicted molar refractivity (Wildman–Crippen MR) is 92.3 cm³/mol. The molecular weight excluding hydrogens is 284 g/mol. The topological polar surface area (TPSA) is 42.0 Å². The first-order valence-corrected chi connectivity index (χ1v) is 7.63. The Morgan fingerprint density at radius 3 is 2.35 bits per heavy atom. The molecule has 0 saturated carbocycles. The number of benzene rings is 2. The van der Waals surface area contributed by atoms with E-state index in [0.717, 1.165) is 39.5 Å². The van der Waals surface area contributed by atoms with Gasteiger partial charge in [-0.25, -0.2) is 0 Å². The molecular formula is C20H16N2O. The van der Waals surface area contributed by atoms with E-state index >= 15 is 0 Å². The average molecular weight is 300 g/mol. The minimum atomic E-state index is 0.0409. The monoisotopic (exact) mass is 300 g/mol. The molecule has 0 bridgehead atoms. The standard InChI is InChI=1S/C20H16N2O/c1-12-7-3-6-10-16(12)22-17-11-13(2)21-19-14-8-4-5-9-15(14)20(23)18(17)19/h3-11H,1-2H3,(H,21,22). The van der Waals surface area contributed by atoms with E-state index in [1.807, 2.05) is 68.4 Å².